The van der Waals surface area contributed by atoms with Crippen LogP contribution in [0.25, 0.3) is 0 Å². The van der Waals surface area contributed by atoms with Gasteiger partial charge in [0.05, 0.1) is 6.61 Å². The average molecular weight is 282 g/mol. The molecule has 3 atom stereocenters. The first-order chi connectivity index (χ1) is 9.73. The summed E-state index contributed by atoms with van der Waals surface area (Å²) in [4.78, 5) is 2.73. The first kappa shape index (κ1) is 16.3. The minimum atomic E-state index is -0.00582. The second-order valence-corrected chi connectivity index (χ2v) is 6.96. The van der Waals surface area contributed by atoms with Gasteiger partial charge in [0.25, 0.3) is 0 Å². The third-order valence-electron chi connectivity index (χ3n) is 5.65. The molecule has 1 heterocycles. The van der Waals surface area contributed by atoms with Crippen molar-refractivity contribution in [1.82, 2.24) is 10.2 Å². The molecular weight excluding hydrogens is 248 g/mol. The smallest absolute Gasteiger partial charge is 0.0613 e. The Morgan fingerprint density at radius 2 is 2.00 bits per heavy atom. The fraction of sp³-hybridized carbons (Fsp3) is 1.00. The second-order valence-electron chi connectivity index (χ2n) is 6.96. The van der Waals surface area contributed by atoms with Gasteiger partial charge in [-0.2, -0.15) is 0 Å². The van der Waals surface area contributed by atoms with Gasteiger partial charge < -0.3 is 15.3 Å². The van der Waals surface area contributed by atoms with Crippen LogP contribution in [0.2, 0.25) is 0 Å². The molecule has 20 heavy (non-hydrogen) atoms. The van der Waals surface area contributed by atoms with E-state index < -0.39 is 0 Å². The third kappa shape index (κ3) is 3.96. The van der Waals surface area contributed by atoms with Crippen molar-refractivity contribution in [3.63, 3.8) is 0 Å². The fourth-order valence-corrected chi connectivity index (χ4v) is 4.34. The lowest BCUT2D eigenvalue weighted by Crippen LogP contribution is -2.55. The van der Waals surface area contributed by atoms with E-state index in [4.69, 9.17) is 0 Å². The predicted molar refractivity (Wildman–Crippen MR) is 85.0 cm³/mol. The molecule has 1 aliphatic carbocycles. The topological polar surface area (TPSA) is 35.5 Å². The summed E-state index contributed by atoms with van der Waals surface area (Å²) < 4.78 is 0. The monoisotopic (exact) mass is 282 g/mol. The second kappa shape index (κ2) is 7.77. The SMILES string of the molecule is CCNC1(CO)CCCC(N2CCCC(CC)CC2)C1. The molecule has 0 spiro atoms. The summed E-state index contributed by atoms with van der Waals surface area (Å²) in [5.41, 5.74) is -0.00582. The molecule has 1 saturated carbocycles. The van der Waals surface area contributed by atoms with Crippen molar-refractivity contribution < 1.29 is 5.11 Å². The van der Waals surface area contributed by atoms with Gasteiger partial charge in [-0.25, -0.2) is 0 Å². The number of rotatable bonds is 5. The van der Waals surface area contributed by atoms with Crippen LogP contribution >= 0.6 is 0 Å². The van der Waals surface area contributed by atoms with Gasteiger partial charge in [0.1, 0.15) is 0 Å². The van der Waals surface area contributed by atoms with Gasteiger partial charge in [0, 0.05) is 11.6 Å². The molecule has 0 radical (unpaired) electrons. The molecule has 0 amide bonds. The standard InChI is InChI=1S/C17H34N2O/c1-3-15-7-6-11-19(12-9-15)16-8-5-10-17(13-16,14-20)18-4-2/h15-16,18,20H,3-14H2,1-2H3. The Morgan fingerprint density at radius 3 is 2.70 bits per heavy atom. The molecule has 1 aliphatic heterocycles. The van der Waals surface area contributed by atoms with Gasteiger partial charge >= 0.3 is 0 Å². The summed E-state index contributed by atoms with van der Waals surface area (Å²) in [6, 6.07) is 0.686. The molecule has 2 N–H and O–H groups in total. The number of aliphatic hydroxyl groups excluding tert-OH is 1. The normalized spacial score (nSPS) is 36.8. The lowest BCUT2D eigenvalue weighted by Gasteiger charge is -2.44. The first-order valence-electron chi connectivity index (χ1n) is 8.83. The highest BCUT2D eigenvalue weighted by atomic mass is 16.3. The highest BCUT2D eigenvalue weighted by Gasteiger charge is 2.37. The quantitative estimate of drug-likeness (QED) is 0.814. The lowest BCUT2D eigenvalue weighted by atomic mass is 9.78. The Hall–Kier alpha value is -0.120. The van der Waals surface area contributed by atoms with E-state index >= 15 is 0 Å². The molecule has 3 heteroatoms. The number of likely N-dealkylation sites (tertiary alicyclic amines) is 1. The number of hydrogen-bond donors (Lipinski definition) is 2. The Bertz CT molecular complexity index is 280. The van der Waals surface area contributed by atoms with E-state index in [1.165, 1.54) is 51.6 Å². The van der Waals surface area contributed by atoms with Crippen molar-refractivity contribution in [2.75, 3.05) is 26.2 Å². The van der Waals surface area contributed by atoms with Crippen molar-refractivity contribution in [2.24, 2.45) is 5.92 Å². The maximum absolute atomic E-state index is 9.84. The molecule has 2 aliphatic rings. The molecule has 3 unspecified atom stereocenters. The van der Waals surface area contributed by atoms with Crippen molar-refractivity contribution in [2.45, 2.75) is 76.8 Å². The molecule has 0 bridgehead atoms. The molecule has 0 aromatic heterocycles. The summed E-state index contributed by atoms with van der Waals surface area (Å²) in [5, 5.41) is 13.4. The lowest BCUT2D eigenvalue weighted by molar-refractivity contribution is 0.0611. The average Bonchev–Trinajstić information content (AvgIpc) is 2.73. The van der Waals surface area contributed by atoms with Crippen LogP contribution < -0.4 is 5.32 Å². The van der Waals surface area contributed by atoms with Crippen LogP contribution in [0.1, 0.15) is 65.2 Å². The third-order valence-corrected chi connectivity index (χ3v) is 5.65. The van der Waals surface area contributed by atoms with Gasteiger partial charge in [-0.05, 0) is 70.5 Å². The minimum Gasteiger partial charge on any atom is -0.394 e. The zero-order valence-corrected chi connectivity index (χ0v) is 13.5. The van der Waals surface area contributed by atoms with Crippen LogP contribution in [0, 0.1) is 5.92 Å². The highest BCUT2D eigenvalue weighted by molar-refractivity contribution is 4.96. The molecule has 0 aromatic rings. The molecule has 118 valence electrons. The predicted octanol–water partition coefficient (Wildman–Crippen LogP) is 2.78. The van der Waals surface area contributed by atoms with E-state index in [0.717, 1.165) is 25.3 Å². The van der Waals surface area contributed by atoms with Crippen molar-refractivity contribution in [3.8, 4) is 0 Å². The van der Waals surface area contributed by atoms with Crippen LogP contribution in [-0.4, -0.2) is 47.8 Å². The van der Waals surface area contributed by atoms with Gasteiger partial charge in [-0.1, -0.05) is 20.3 Å². The number of aliphatic hydroxyl groups is 1. The van der Waals surface area contributed by atoms with E-state index in [0.29, 0.717) is 12.6 Å². The summed E-state index contributed by atoms with van der Waals surface area (Å²) in [5.74, 6) is 0.944. The molecule has 1 saturated heterocycles. The Morgan fingerprint density at radius 1 is 1.15 bits per heavy atom. The molecule has 0 aromatic carbocycles. The molecular formula is C17H34N2O. The fourth-order valence-electron chi connectivity index (χ4n) is 4.34. The maximum Gasteiger partial charge on any atom is 0.0613 e. The number of nitrogens with zero attached hydrogens (tertiary/aromatic N) is 1. The van der Waals surface area contributed by atoms with Gasteiger partial charge in [0.15, 0.2) is 0 Å². The number of hydrogen-bond acceptors (Lipinski definition) is 3. The van der Waals surface area contributed by atoms with E-state index in [-0.39, 0.29) is 5.54 Å². The Labute approximate surface area is 125 Å². The van der Waals surface area contributed by atoms with Crippen molar-refractivity contribution in [3.05, 3.63) is 0 Å². The van der Waals surface area contributed by atoms with E-state index in [1.807, 2.05) is 0 Å². The molecule has 3 nitrogen and oxygen atoms in total. The zero-order valence-electron chi connectivity index (χ0n) is 13.5. The van der Waals surface area contributed by atoms with E-state index in [2.05, 4.69) is 24.1 Å². The Balaban J connectivity index is 1.94. The van der Waals surface area contributed by atoms with Crippen LogP contribution in [0.4, 0.5) is 0 Å². The van der Waals surface area contributed by atoms with Crippen molar-refractivity contribution >= 4 is 0 Å². The van der Waals surface area contributed by atoms with E-state index in [9.17, 15) is 5.11 Å². The van der Waals surface area contributed by atoms with Gasteiger partial charge in [-0.3, -0.25) is 0 Å². The maximum atomic E-state index is 9.84. The number of likely N-dealkylation sites (N-methyl/N-ethyl adjacent to an activating group) is 1. The van der Waals surface area contributed by atoms with Crippen molar-refractivity contribution in [1.29, 1.82) is 0 Å². The Kier molecular flexibility index (Phi) is 6.31. The molecule has 2 rings (SSSR count). The summed E-state index contributed by atoms with van der Waals surface area (Å²) in [6.45, 7) is 8.29. The molecule has 2 fully saturated rings. The van der Waals surface area contributed by atoms with Gasteiger partial charge in [-0.15, -0.1) is 0 Å². The number of nitrogens with one attached hydrogen (secondary N) is 1. The summed E-state index contributed by atoms with van der Waals surface area (Å²) in [6.07, 6.45) is 10.3. The van der Waals surface area contributed by atoms with Crippen LogP contribution in [0.5, 0.6) is 0 Å². The van der Waals surface area contributed by atoms with Gasteiger partial charge in [0.2, 0.25) is 0 Å². The van der Waals surface area contributed by atoms with E-state index in [1.54, 1.807) is 0 Å². The minimum absolute atomic E-state index is 0.00582. The zero-order chi connectivity index (χ0) is 14.4. The first-order valence-corrected chi connectivity index (χ1v) is 8.83. The summed E-state index contributed by atoms with van der Waals surface area (Å²) in [7, 11) is 0. The summed E-state index contributed by atoms with van der Waals surface area (Å²) >= 11 is 0. The largest absolute Gasteiger partial charge is 0.394 e. The van der Waals surface area contributed by atoms with Crippen LogP contribution in [0.15, 0.2) is 0 Å². The van der Waals surface area contributed by atoms with Crippen LogP contribution in [-0.2, 0) is 0 Å². The highest BCUT2D eigenvalue weighted by Crippen LogP contribution is 2.33. The van der Waals surface area contributed by atoms with Crippen LogP contribution in [0.3, 0.4) is 0 Å².